The zero-order chi connectivity index (χ0) is 25.1. The van der Waals surface area contributed by atoms with Crippen molar-refractivity contribution in [2.24, 2.45) is 0 Å². The maximum atomic E-state index is 12.7. The summed E-state index contributed by atoms with van der Waals surface area (Å²) in [6, 6.07) is 17.3. The maximum absolute atomic E-state index is 12.7. The molecule has 9 nitrogen and oxygen atoms in total. The van der Waals surface area contributed by atoms with Crippen LogP contribution in [-0.2, 0) is 19.6 Å². The van der Waals surface area contributed by atoms with Crippen molar-refractivity contribution < 1.29 is 9.72 Å². The zero-order valence-corrected chi connectivity index (χ0v) is 20.3. The van der Waals surface area contributed by atoms with E-state index < -0.39 is 4.92 Å². The number of hydrogen-bond donors (Lipinski definition) is 1. The maximum Gasteiger partial charge on any atom is 0.312 e. The molecule has 4 aromatic rings. The minimum atomic E-state index is -0.406. The normalized spacial score (nSPS) is 11.0. The second-order valence-electron chi connectivity index (χ2n) is 8.72. The lowest BCUT2D eigenvalue weighted by atomic mass is 10.1. The van der Waals surface area contributed by atoms with Crippen LogP contribution in [0.25, 0.3) is 0 Å². The minimum absolute atomic E-state index is 0.0416. The van der Waals surface area contributed by atoms with E-state index in [1.807, 2.05) is 42.8 Å². The molecule has 4 rings (SSSR count). The molecule has 0 saturated carbocycles. The van der Waals surface area contributed by atoms with Crippen molar-refractivity contribution in [1.29, 1.82) is 0 Å². The first kappa shape index (κ1) is 23.9. The van der Waals surface area contributed by atoms with Crippen LogP contribution in [0.15, 0.2) is 54.6 Å². The van der Waals surface area contributed by atoms with Gasteiger partial charge in [0.1, 0.15) is 11.4 Å². The van der Waals surface area contributed by atoms with E-state index in [2.05, 4.69) is 33.7 Å². The van der Waals surface area contributed by atoms with Crippen molar-refractivity contribution in [3.8, 4) is 0 Å². The first-order chi connectivity index (χ1) is 16.7. The van der Waals surface area contributed by atoms with Gasteiger partial charge in [-0.3, -0.25) is 24.3 Å². The molecule has 180 valence electrons. The fourth-order valence-corrected chi connectivity index (χ4v) is 4.17. The number of amides is 1. The molecule has 0 radical (unpaired) electrons. The van der Waals surface area contributed by atoms with E-state index in [1.54, 1.807) is 30.7 Å². The van der Waals surface area contributed by atoms with E-state index in [0.29, 0.717) is 36.6 Å². The Kier molecular flexibility index (Phi) is 6.77. The smallest absolute Gasteiger partial charge is 0.312 e. The molecule has 2 aromatic carbocycles. The summed E-state index contributed by atoms with van der Waals surface area (Å²) in [7, 11) is 0. The van der Waals surface area contributed by atoms with Gasteiger partial charge in [0.25, 0.3) is 5.91 Å². The van der Waals surface area contributed by atoms with Crippen molar-refractivity contribution in [3.05, 3.63) is 110 Å². The summed E-state index contributed by atoms with van der Waals surface area (Å²) < 4.78 is 3.58. The number of aromatic nitrogens is 4. The first-order valence-electron chi connectivity index (χ1n) is 11.4. The van der Waals surface area contributed by atoms with Crippen LogP contribution in [0.2, 0.25) is 0 Å². The summed E-state index contributed by atoms with van der Waals surface area (Å²) in [5, 5.41) is 23.0. The highest BCUT2D eigenvalue weighted by molar-refractivity contribution is 5.94. The summed E-state index contributed by atoms with van der Waals surface area (Å²) in [6.45, 7) is 8.83. The second-order valence-corrected chi connectivity index (χ2v) is 8.72. The number of rotatable bonds is 8. The van der Waals surface area contributed by atoms with Crippen LogP contribution >= 0.6 is 0 Å². The van der Waals surface area contributed by atoms with E-state index >= 15 is 0 Å². The number of nitrogens with zero attached hydrogens (tertiary/aromatic N) is 5. The Bertz CT molecular complexity index is 1380. The first-order valence-corrected chi connectivity index (χ1v) is 11.4. The van der Waals surface area contributed by atoms with Gasteiger partial charge in [0, 0.05) is 17.8 Å². The van der Waals surface area contributed by atoms with Crippen molar-refractivity contribution in [2.45, 2.75) is 47.3 Å². The number of carbonyl (C=O) groups is 1. The second kappa shape index (κ2) is 9.92. The molecule has 0 aliphatic carbocycles. The molecule has 0 saturated heterocycles. The Morgan fingerprint density at radius 1 is 0.914 bits per heavy atom. The van der Waals surface area contributed by atoms with E-state index in [0.717, 1.165) is 28.1 Å². The van der Waals surface area contributed by atoms with E-state index in [9.17, 15) is 14.9 Å². The molecule has 2 aromatic heterocycles. The summed E-state index contributed by atoms with van der Waals surface area (Å²) in [6.07, 6.45) is 0. The zero-order valence-electron chi connectivity index (χ0n) is 20.3. The van der Waals surface area contributed by atoms with Gasteiger partial charge in [-0.1, -0.05) is 36.4 Å². The number of nitrogens with one attached hydrogen (secondary N) is 1. The van der Waals surface area contributed by atoms with Crippen molar-refractivity contribution in [2.75, 3.05) is 0 Å². The Morgan fingerprint density at radius 3 is 2.23 bits per heavy atom. The molecule has 0 atom stereocenters. The van der Waals surface area contributed by atoms with Gasteiger partial charge in [-0.2, -0.15) is 10.2 Å². The fourth-order valence-electron chi connectivity index (χ4n) is 4.17. The third-order valence-corrected chi connectivity index (χ3v) is 5.95. The summed E-state index contributed by atoms with van der Waals surface area (Å²) in [5.74, 6) is -0.165. The molecule has 0 bridgehead atoms. The van der Waals surface area contributed by atoms with Gasteiger partial charge in [-0.25, -0.2) is 0 Å². The van der Waals surface area contributed by atoms with Crippen LogP contribution in [0.4, 0.5) is 5.69 Å². The van der Waals surface area contributed by atoms with E-state index in [4.69, 9.17) is 0 Å². The molecular formula is C26H28N6O3. The number of benzene rings is 2. The van der Waals surface area contributed by atoms with Crippen LogP contribution in [0.5, 0.6) is 0 Å². The van der Waals surface area contributed by atoms with Crippen LogP contribution in [0.3, 0.4) is 0 Å². The topological polar surface area (TPSA) is 108 Å². The largest absolute Gasteiger partial charge is 0.348 e. The summed E-state index contributed by atoms with van der Waals surface area (Å²) in [5.41, 5.74) is 6.63. The Morgan fingerprint density at radius 2 is 1.60 bits per heavy atom. The van der Waals surface area contributed by atoms with Gasteiger partial charge >= 0.3 is 5.69 Å². The fraction of sp³-hybridized carbons (Fsp3) is 0.269. The quantitative estimate of drug-likeness (QED) is 0.305. The van der Waals surface area contributed by atoms with Gasteiger partial charge in [0.15, 0.2) is 0 Å². The lowest BCUT2D eigenvalue weighted by Crippen LogP contribution is -2.22. The SMILES string of the molecule is Cc1cc(C)n(Cc2cccc(CNC(=O)c3ccc(Cn4nc(C)c([N+](=O)[O-])c4C)cc3)c2)n1. The molecule has 0 fully saturated rings. The highest BCUT2D eigenvalue weighted by Gasteiger charge is 2.21. The number of nitro groups is 1. The number of hydrogen-bond acceptors (Lipinski definition) is 5. The van der Waals surface area contributed by atoms with Crippen molar-refractivity contribution in [3.63, 3.8) is 0 Å². The number of carbonyl (C=O) groups excluding carboxylic acids is 1. The standard InChI is InChI=1S/C26H28N6O3/c1-17-12-18(2)30(28-17)16-23-7-5-6-22(13-23)14-27-26(33)24-10-8-21(9-11-24)15-31-20(4)25(32(34)35)19(3)29-31/h5-13H,14-16H2,1-4H3,(H,27,33). The highest BCUT2D eigenvalue weighted by Crippen LogP contribution is 2.22. The third-order valence-electron chi connectivity index (χ3n) is 5.95. The molecule has 1 amide bonds. The van der Waals surface area contributed by atoms with Gasteiger partial charge in [-0.05, 0) is 62.6 Å². The van der Waals surface area contributed by atoms with Crippen LogP contribution in [0.1, 0.15) is 49.8 Å². The molecule has 0 unspecified atom stereocenters. The van der Waals surface area contributed by atoms with Crippen molar-refractivity contribution >= 4 is 11.6 Å². The van der Waals surface area contributed by atoms with Crippen molar-refractivity contribution in [1.82, 2.24) is 24.9 Å². The van der Waals surface area contributed by atoms with E-state index in [1.165, 1.54) is 0 Å². The number of aryl methyl sites for hydroxylation is 3. The average molecular weight is 473 g/mol. The minimum Gasteiger partial charge on any atom is -0.348 e. The lowest BCUT2D eigenvalue weighted by Gasteiger charge is -2.09. The Labute approximate surface area is 203 Å². The molecule has 1 N–H and O–H groups in total. The predicted octanol–water partition coefficient (Wildman–Crippen LogP) is 4.25. The molecule has 0 spiro atoms. The molecule has 2 heterocycles. The molecule has 9 heteroatoms. The van der Waals surface area contributed by atoms with Gasteiger partial charge in [-0.15, -0.1) is 0 Å². The molecule has 35 heavy (non-hydrogen) atoms. The Hall–Kier alpha value is -4.27. The summed E-state index contributed by atoms with van der Waals surface area (Å²) in [4.78, 5) is 23.5. The lowest BCUT2D eigenvalue weighted by molar-refractivity contribution is -0.386. The van der Waals surface area contributed by atoms with E-state index in [-0.39, 0.29) is 11.6 Å². The van der Waals surface area contributed by atoms with Gasteiger partial charge in [0.2, 0.25) is 0 Å². The third kappa shape index (κ3) is 5.46. The van der Waals surface area contributed by atoms with Crippen LogP contribution in [-0.4, -0.2) is 30.4 Å². The predicted molar refractivity (Wildman–Crippen MR) is 132 cm³/mol. The Balaban J connectivity index is 1.36. The van der Waals surface area contributed by atoms with Crippen LogP contribution in [0, 0.1) is 37.8 Å². The molecule has 0 aliphatic heterocycles. The van der Waals surface area contributed by atoms with Gasteiger partial charge < -0.3 is 5.32 Å². The van der Waals surface area contributed by atoms with Crippen LogP contribution < -0.4 is 5.32 Å². The average Bonchev–Trinajstić information content (AvgIpc) is 3.28. The summed E-state index contributed by atoms with van der Waals surface area (Å²) >= 11 is 0. The van der Waals surface area contributed by atoms with Gasteiger partial charge in [0.05, 0.1) is 23.7 Å². The molecular weight excluding hydrogens is 444 g/mol. The monoisotopic (exact) mass is 472 g/mol. The highest BCUT2D eigenvalue weighted by atomic mass is 16.6. The molecule has 0 aliphatic rings.